The van der Waals surface area contributed by atoms with Crippen LogP contribution in [0.3, 0.4) is 0 Å². The van der Waals surface area contributed by atoms with Gasteiger partial charge in [0.2, 0.25) is 5.91 Å². The van der Waals surface area contributed by atoms with Crippen LogP contribution in [0.1, 0.15) is 11.1 Å². The van der Waals surface area contributed by atoms with E-state index in [-0.39, 0.29) is 24.5 Å². The van der Waals surface area contributed by atoms with Crippen molar-refractivity contribution in [1.82, 2.24) is 15.1 Å². The molecule has 1 aliphatic heterocycles. The standard InChI is InChI=1S/C23H30N4O3/c1-26(2)22(28)14-19-10-6-7-11-21(19)25-23(29)24-15-20-17-27(12-13-30-20)16-18-8-4-3-5-9-18/h3-11,20H,12-17H2,1-2H3,(H2,24,25,29). The predicted molar refractivity (Wildman–Crippen MR) is 117 cm³/mol. The summed E-state index contributed by atoms with van der Waals surface area (Å²) in [6, 6.07) is 17.4. The fourth-order valence-electron chi connectivity index (χ4n) is 3.38. The largest absolute Gasteiger partial charge is 0.374 e. The molecule has 1 saturated heterocycles. The lowest BCUT2D eigenvalue weighted by Gasteiger charge is -2.33. The van der Waals surface area contributed by atoms with Crippen molar-refractivity contribution in [1.29, 1.82) is 0 Å². The van der Waals surface area contributed by atoms with Crippen molar-refractivity contribution < 1.29 is 14.3 Å². The van der Waals surface area contributed by atoms with E-state index in [4.69, 9.17) is 4.74 Å². The molecule has 7 heteroatoms. The van der Waals surface area contributed by atoms with Crippen LogP contribution in [0.5, 0.6) is 0 Å². The number of nitrogens with one attached hydrogen (secondary N) is 2. The van der Waals surface area contributed by atoms with Crippen LogP contribution < -0.4 is 10.6 Å². The maximum Gasteiger partial charge on any atom is 0.319 e. The number of anilines is 1. The molecule has 2 N–H and O–H groups in total. The third kappa shape index (κ3) is 6.57. The topological polar surface area (TPSA) is 73.9 Å². The highest BCUT2D eigenvalue weighted by Gasteiger charge is 2.21. The molecule has 30 heavy (non-hydrogen) atoms. The summed E-state index contributed by atoms with van der Waals surface area (Å²) in [5, 5.41) is 5.75. The Hall–Kier alpha value is -2.90. The second kappa shape index (κ2) is 10.8. The summed E-state index contributed by atoms with van der Waals surface area (Å²) in [6.45, 7) is 3.60. The highest BCUT2D eigenvalue weighted by molar-refractivity contribution is 5.91. The summed E-state index contributed by atoms with van der Waals surface area (Å²) in [5.74, 6) is -0.0150. The molecule has 0 aliphatic carbocycles. The quantitative estimate of drug-likeness (QED) is 0.735. The maximum absolute atomic E-state index is 12.4. The van der Waals surface area contributed by atoms with E-state index in [1.807, 2.05) is 36.4 Å². The molecular formula is C23H30N4O3. The number of morpholine rings is 1. The monoisotopic (exact) mass is 410 g/mol. The predicted octanol–water partition coefficient (Wildman–Crippen LogP) is 2.34. The second-order valence-corrected chi connectivity index (χ2v) is 7.67. The van der Waals surface area contributed by atoms with Gasteiger partial charge < -0.3 is 20.3 Å². The summed E-state index contributed by atoms with van der Waals surface area (Å²) in [4.78, 5) is 28.3. The number of carbonyl (C=O) groups is 2. The van der Waals surface area contributed by atoms with Gasteiger partial charge in [0.25, 0.3) is 0 Å². The Morgan fingerprint density at radius 1 is 1.10 bits per heavy atom. The molecule has 0 bridgehead atoms. The normalized spacial score (nSPS) is 16.7. The number of urea groups is 1. The van der Waals surface area contributed by atoms with Gasteiger partial charge in [-0.3, -0.25) is 9.69 Å². The number of rotatable bonds is 7. The number of para-hydroxylation sites is 1. The first-order chi connectivity index (χ1) is 14.5. The van der Waals surface area contributed by atoms with Crippen molar-refractivity contribution in [2.75, 3.05) is 45.7 Å². The van der Waals surface area contributed by atoms with E-state index in [1.165, 1.54) is 5.56 Å². The van der Waals surface area contributed by atoms with E-state index in [9.17, 15) is 9.59 Å². The molecule has 1 aliphatic rings. The van der Waals surface area contributed by atoms with E-state index in [2.05, 4.69) is 27.7 Å². The van der Waals surface area contributed by atoms with Crippen LogP contribution in [0.2, 0.25) is 0 Å². The maximum atomic E-state index is 12.4. The molecule has 1 atom stereocenters. The first kappa shape index (κ1) is 21.8. The van der Waals surface area contributed by atoms with Crippen LogP contribution in [0.15, 0.2) is 54.6 Å². The van der Waals surface area contributed by atoms with Gasteiger partial charge in [-0.1, -0.05) is 48.5 Å². The van der Waals surface area contributed by atoms with E-state index in [0.29, 0.717) is 18.8 Å². The summed E-state index contributed by atoms with van der Waals surface area (Å²) in [6.07, 6.45) is 0.183. The van der Waals surface area contributed by atoms with Crippen molar-refractivity contribution in [3.63, 3.8) is 0 Å². The summed E-state index contributed by atoms with van der Waals surface area (Å²) in [7, 11) is 3.44. The first-order valence-electron chi connectivity index (χ1n) is 10.2. The fraction of sp³-hybridized carbons (Fsp3) is 0.391. The molecule has 3 amide bonds. The number of benzene rings is 2. The molecule has 0 spiro atoms. The minimum atomic E-state index is -0.302. The number of hydrogen-bond acceptors (Lipinski definition) is 4. The SMILES string of the molecule is CN(C)C(=O)Cc1ccccc1NC(=O)NCC1CN(Cc2ccccc2)CCO1. The van der Waals surface area contributed by atoms with Gasteiger partial charge >= 0.3 is 6.03 Å². The molecule has 1 unspecified atom stereocenters. The smallest absolute Gasteiger partial charge is 0.319 e. The zero-order valence-electron chi connectivity index (χ0n) is 17.6. The average molecular weight is 411 g/mol. The molecule has 0 radical (unpaired) electrons. The van der Waals surface area contributed by atoms with Gasteiger partial charge in [-0.05, 0) is 17.2 Å². The minimum absolute atomic E-state index is 0.0150. The number of likely N-dealkylation sites (N-methyl/N-ethyl adjacent to an activating group) is 1. The summed E-state index contributed by atoms with van der Waals surface area (Å²) < 4.78 is 5.81. The molecule has 7 nitrogen and oxygen atoms in total. The van der Waals surface area contributed by atoms with Gasteiger partial charge in [0.15, 0.2) is 0 Å². The van der Waals surface area contributed by atoms with Crippen LogP contribution in [0.25, 0.3) is 0 Å². The zero-order valence-corrected chi connectivity index (χ0v) is 17.6. The zero-order chi connectivity index (χ0) is 21.3. The van der Waals surface area contributed by atoms with Crippen molar-refractivity contribution >= 4 is 17.6 Å². The van der Waals surface area contributed by atoms with E-state index < -0.39 is 0 Å². The number of carbonyl (C=O) groups excluding carboxylic acids is 2. The van der Waals surface area contributed by atoms with E-state index >= 15 is 0 Å². The van der Waals surface area contributed by atoms with Gasteiger partial charge in [0.1, 0.15) is 0 Å². The van der Waals surface area contributed by atoms with E-state index in [0.717, 1.165) is 25.2 Å². The van der Waals surface area contributed by atoms with Gasteiger partial charge in [-0.2, -0.15) is 0 Å². The van der Waals surface area contributed by atoms with Crippen LogP contribution in [0, 0.1) is 0 Å². The lowest BCUT2D eigenvalue weighted by molar-refractivity contribution is -0.127. The van der Waals surface area contributed by atoms with Gasteiger partial charge in [0, 0.05) is 46.0 Å². The molecule has 2 aromatic rings. The molecule has 2 aromatic carbocycles. The summed E-state index contributed by atoms with van der Waals surface area (Å²) in [5.41, 5.74) is 2.70. The van der Waals surface area contributed by atoms with Crippen LogP contribution in [-0.2, 0) is 22.5 Å². The van der Waals surface area contributed by atoms with Gasteiger partial charge in [-0.25, -0.2) is 4.79 Å². The number of nitrogens with zero attached hydrogens (tertiary/aromatic N) is 2. The van der Waals surface area contributed by atoms with Gasteiger partial charge in [-0.15, -0.1) is 0 Å². The Kier molecular flexibility index (Phi) is 7.82. The first-order valence-corrected chi connectivity index (χ1v) is 10.2. The molecule has 0 saturated carbocycles. The molecule has 1 heterocycles. The lowest BCUT2D eigenvalue weighted by Crippen LogP contribution is -2.47. The molecule has 0 aromatic heterocycles. The molecule has 3 rings (SSSR count). The van der Waals surface area contributed by atoms with Crippen LogP contribution in [0.4, 0.5) is 10.5 Å². The second-order valence-electron chi connectivity index (χ2n) is 7.67. The fourth-order valence-corrected chi connectivity index (χ4v) is 3.38. The lowest BCUT2D eigenvalue weighted by atomic mass is 10.1. The van der Waals surface area contributed by atoms with Crippen LogP contribution >= 0.6 is 0 Å². The Balaban J connectivity index is 1.48. The van der Waals surface area contributed by atoms with E-state index in [1.54, 1.807) is 25.1 Å². The Morgan fingerprint density at radius 2 is 1.83 bits per heavy atom. The Labute approximate surface area is 178 Å². The number of ether oxygens (including phenoxy) is 1. The molecule has 1 fully saturated rings. The van der Waals surface area contributed by atoms with Crippen molar-refractivity contribution in [2.24, 2.45) is 0 Å². The number of amides is 3. The Morgan fingerprint density at radius 3 is 2.60 bits per heavy atom. The highest BCUT2D eigenvalue weighted by atomic mass is 16.5. The minimum Gasteiger partial charge on any atom is -0.374 e. The average Bonchev–Trinajstić information content (AvgIpc) is 2.74. The molecular weight excluding hydrogens is 380 g/mol. The third-order valence-electron chi connectivity index (χ3n) is 5.07. The van der Waals surface area contributed by atoms with Crippen molar-refractivity contribution in [3.8, 4) is 0 Å². The summed E-state index contributed by atoms with van der Waals surface area (Å²) >= 11 is 0. The molecule has 160 valence electrons. The van der Waals surface area contributed by atoms with Crippen molar-refractivity contribution in [2.45, 2.75) is 19.1 Å². The van der Waals surface area contributed by atoms with Crippen LogP contribution in [-0.4, -0.2) is 68.2 Å². The third-order valence-corrected chi connectivity index (χ3v) is 5.07. The van der Waals surface area contributed by atoms with Crippen molar-refractivity contribution in [3.05, 3.63) is 65.7 Å². The Bertz CT molecular complexity index is 841. The van der Waals surface area contributed by atoms with Gasteiger partial charge in [0.05, 0.1) is 19.1 Å². The number of hydrogen-bond donors (Lipinski definition) is 2. The highest BCUT2D eigenvalue weighted by Crippen LogP contribution is 2.16.